The van der Waals surface area contributed by atoms with Gasteiger partial charge in [-0.15, -0.1) is 0 Å². The smallest absolute Gasteiger partial charge is 0.339 e. The highest BCUT2D eigenvalue weighted by atomic mass is 35.5. The summed E-state index contributed by atoms with van der Waals surface area (Å²) in [6, 6.07) is 21.4. The zero-order valence-electron chi connectivity index (χ0n) is 22.8. The van der Waals surface area contributed by atoms with Crippen molar-refractivity contribution in [2.75, 3.05) is 10.6 Å². The topological polar surface area (TPSA) is 102 Å². The molecule has 1 aromatic heterocycles. The Morgan fingerprint density at radius 2 is 1.45 bits per heavy atom. The molecule has 1 heterocycles. The van der Waals surface area contributed by atoms with E-state index < -0.39 is 5.97 Å². The van der Waals surface area contributed by atoms with Crippen molar-refractivity contribution in [2.45, 2.75) is 46.4 Å². The molecule has 4 aromatic rings. The van der Waals surface area contributed by atoms with E-state index in [0.717, 1.165) is 5.56 Å². The second-order valence-corrected chi connectivity index (χ2v) is 10.2. The maximum Gasteiger partial charge on any atom is 0.339 e. The van der Waals surface area contributed by atoms with Gasteiger partial charge in [0.15, 0.2) is 0 Å². The van der Waals surface area contributed by atoms with Crippen LogP contribution in [0.1, 0.15) is 43.6 Å². The van der Waals surface area contributed by atoms with Gasteiger partial charge in [0.05, 0.1) is 40.7 Å². The molecule has 0 aliphatic heterocycles. The molecule has 4 rings (SSSR count). The summed E-state index contributed by atoms with van der Waals surface area (Å²) in [6.07, 6.45) is 1.26. The van der Waals surface area contributed by atoms with Crippen LogP contribution in [-0.4, -0.2) is 27.9 Å². The van der Waals surface area contributed by atoms with Gasteiger partial charge in [0.1, 0.15) is 11.5 Å². The summed E-state index contributed by atoms with van der Waals surface area (Å²) < 4.78 is 13.1. The lowest BCUT2D eigenvalue weighted by Gasteiger charge is -2.19. The van der Waals surface area contributed by atoms with Crippen LogP contribution in [-0.2, 0) is 6.54 Å². The van der Waals surface area contributed by atoms with Gasteiger partial charge in [-0.05, 0) is 69.7 Å². The van der Waals surface area contributed by atoms with Gasteiger partial charge >= 0.3 is 5.97 Å². The summed E-state index contributed by atoms with van der Waals surface area (Å²) in [7, 11) is 0. The number of carbonyl (C=O) groups is 1. The van der Waals surface area contributed by atoms with Crippen LogP contribution in [0.15, 0.2) is 83.8 Å². The van der Waals surface area contributed by atoms with E-state index in [-0.39, 0.29) is 35.6 Å². The van der Waals surface area contributed by atoms with Crippen molar-refractivity contribution in [3.63, 3.8) is 0 Å². The molecule has 0 unspecified atom stereocenters. The fraction of sp³-hybridized carbons (Fsp3) is 0.226. The SMILES string of the molecule is CC(C)Oc1ccc(Nc2cc(Nc3cc(=O)n(Cc4ccccc4)cc3C(=O)O)ccc2OC(C)C)cc1Cl. The number of rotatable bonds is 11. The van der Waals surface area contributed by atoms with Crippen LogP contribution in [0.25, 0.3) is 0 Å². The van der Waals surface area contributed by atoms with Crippen LogP contribution in [0.3, 0.4) is 0 Å². The van der Waals surface area contributed by atoms with Crippen molar-refractivity contribution in [3.8, 4) is 11.5 Å². The molecule has 3 aromatic carbocycles. The van der Waals surface area contributed by atoms with Crippen molar-refractivity contribution in [1.29, 1.82) is 0 Å². The van der Waals surface area contributed by atoms with Crippen LogP contribution in [0.4, 0.5) is 22.7 Å². The zero-order chi connectivity index (χ0) is 28.8. The highest BCUT2D eigenvalue weighted by Crippen LogP contribution is 2.35. The molecule has 0 saturated carbocycles. The quantitative estimate of drug-likeness (QED) is 0.176. The summed E-state index contributed by atoms with van der Waals surface area (Å²) in [5.41, 5.74) is 2.62. The molecule has 3 N–H and O–H groups in total. The van der Waals surface area contributed by atoms with Crippen molar-refractivity contribution in [2.24, 2.45) is 0 Å². The highest BCUT2D eigenvalue weighted by molar-refractivity contribution is 6.32. The standard InChI is InChI=1S/C31H32ClN3O5/c1-19(2)39-28-12-10-22(14-25(28)32)34-27-15-23(11-13-29(27)40-20(3)4)33-26-16-30(36)35(18-24(26)31(37)38)17-21-8-6-5-7-9-21/h5-16,18-20,33-34H,17H2,1-4H3,(H,37,38). The number of anilines is 4. The van der Waals surface area contributed by atoms with E-state index in [1.807, 2.05) is 64.1 Å². The number of hydrogen-bond donors (Lipinski definition) is 3. The summed E-state index contributed by atoms with van der Waals surface area (Å²) in [5, 5.41) is 16.8. The Bertz CT molecular complexity index is 1550. The Balaban J connectivity index is 1.65. The number of aromatic nitrogens is 1. The number of halogens is 1. The molecular weight excluding hydrogens is 530 g/mol. The van der Waals surface area contributed by atoms with E-state index in [0.29, 0.717) is 33.6 Å². The summed E-state index contributed by atoms with van der Waals surface area (Å²) >= 11 is 6.43. The summed E-state index contributed by atoms with van der Waals surface area (Å²) in [5.74, 6) is 0.0242. The molecule has 0 atom stereocenters. The van der Waals surface area contributed by atoms with Crippen molar-refractivity contribution >= 4 is 40.3 Å². The third-order valence-corrected chi connectivity index (χ3v) is 6.04. The average Bonchev–Trinajstić information content (AvgIpc) is 2.89. The van der Waals surface area contributed by atoms with Gasteiger partial charge in [0.25, 0.3) is 5.56 Å². The van der Waals surface area contributed by atoms with Crippen LogP contribution in [0, 0.1) is 0 Å². The zero-order valence-corrected chi connectivity index (χ0v) is 23.5. The predicted octanol–water partition coefficient (Wildman–Crippen LogP) is 7.31. The lowest BCUT2D eigenvalue weighted by Crippen LogP contribution is -2.22. The monoisotopic (exact) mass is 561 g/mol. The number of carboxylic acid groups (broad SMARTS) is 1. The number of hydrogen-bond acceptors (Lipinski definition) is 6. The molecule has 0 saturated heterocycles. The number of ether oxygens (including phenoxy) is 2. The molecule has 0 aliphatic rings. The van der Waals surface area contributed by atoms with Gasteiger partial charge in [0, 0.05) is 23.6 Å². The third kappa shape index (κ3) is 7.36. The van der Waals surface area contributed by atoms with Gasteiger partial charge in [-0.1, -0.05) is 41.9 Å². The normalized spacial score (nSPS) is 11.0. The highest BCUT2D eigenvalue weighted by Gasteiger charge is 2.16. The van der Waals surface area contributed by atoms with E-state index in [1.165, 1.54) is 16.8 Å². The minimum atomic E-state index is -1.15. The van der Waals surface area contributed by atoms with Crippen molar-refractivity contribution < 1.29 is 19.4 Å². The molecule has 0 spiro atoms. The second-order valence-electron chi connectivity index (χ2n) is 9.80. The first-order valence-electron chi connectivity index (χ1n) is 12.9. The minimum absolute atomic E-state index is 0.0127. The lowest BCUT2D eigenvalue weighted by molar-refractivity contribution is 0.0697. The first-order chi connectivity index (χ1) is 19.1. The lowest BCUT2D eigenvalue weighted by atomic mass is 10.1. The molecule has 0 aliphatic carbocycles. The van der Waals surface area contributed by atoms with Crippen molar-refractivity contribution in [1.82, 2.24) is 4.57 Å². The van der Waals surface area contributed by atoms with Gasteiger partial charge < -0.3 is 29.8 Å². The van der Waals surface area contributed by atoms with Gasteiger partial charge in [-0.3, -0.25) is 4.79 Å². The Morgan fingerprint density at radius 1 is 0.850 bits per heavy atom. The van der Waals surface area contributed by atoms with Crippen molar-refractivity contribution in [3.05, 3.63) is 105 Å². The molecule has 208 valence electrons. The molecule has 8 nitrogen and oxygen atoms in total. The minimum Gasteiger partial charge on any atom is -0.489 e. The second kappa shape index (κ2) is 12.6. The van der Waals surface area contributed by atoms with Crippen LogP contribution >= 0.6 is 11.6 Å². The first kappa shape index (κ1) is 28.6. The maximum absolute atomic E-state index is 12.9. The molecule has 0 fully saturated rings. The van der Waals surface area contributed by atoms with Crippen LogP contribution in [0.2, 0.25) is 5.02 Å². The molecule has 9 heteroatoms. The van der Waals surface area contributed by atoms with Gasteiger partial charge in [0.2, 0.25) is 0 Å². The van der Waals surface area contributed by atoms with E-state index in [4.69, 9.17) is 21.1 Å². The Kier molecular flexibility index (Phi) is 9.01. The summed E-state index contributed by atoms with van der Waals surface area (Å²) in [4.78, 5) is 25.0. The number of benzene rings is 3. The molecule has 0 bridgehead atoms. The largest absolute Gasteiger partial charge is 0.489 e. The number of carboxylic acids is 1. The molecular formula is C31H32ClN3O5. The number of nitrogens with one attached hydrogen (secondary N) is 2. The van der Waals surface area contributed by atoms with E-state index >= 15 is 0 Å². The fourth-order valence-electron chi connectivity index (χ4n) is 4.05. The number of pyridine rings is 1. The Morgan fingerprint density at radius 3 is 2.08 bits per heavy atom. The van der Waals surface area contributed by atoms with Gasteiger partial charge in [-0.25, -0.2) is 4.79 Å². The number of nitrogens with zero attached hydrogens (tertiary/aromatic N) is 1. The third-order valence-electron chi connectivity index (χ3n) is 5.75. The fourth-order valence-corrected chi connectivity index (χ4v) is 4.28. The van der Waals surface area contributed by atoms with E-state index in [1.54, 1.807) is 30.3 Å². The average molecular weight is 562 g/mol. The maximum atomic E-state index is 12.9. The van der Waals surface area contributed by atoms with E-state index in [9.17, 15) is 14.7 Å². The molecule has 40 heavy (non-hydrogen) atoms. The first-order valence-corrected chi connectivity index (χ1v) is 13.3. The van der Waals surface area contributed by atoms with Crippen LogP contribution < -0.4 is 25.7 Å². The summed E-state index contributed by atoms with van der Waals surface area (Å²) in [6.45, 7) is 7.97. The Labute approximate surface area is 238 Å². The van der Waals surface area contributed by atoms with Crippen LogP contribution in [0.5, 0.6) is 11.5 Å². The molecule has 0 amide bonds. The van der Waals surface area contributed by atoms with E-state index in [2.05, 4.69) is 10.6 Å². The molecule has 0 radical (unpaired) electrons. The van der Waals surface area contributed by atoms with Gasteiger partial charge in [-0.2, -0.15) is 0 Å². The number of aromatic carboxylic acids is 1. The predicted molar refractivity (Wildman–Crippen MR) is 159 cm³/mol. The Hall–Kier alpha value is -4.43.